The van der Waals surface area contributed by atoms with Crippen molar-refractivity contribution in [3.63, 3.8) is 0 Å². The first-order valence-corrected chi connectivity index (χ1v) is 10.0. The number of guanidine groups is 1. The van der Waals surface area contributed by atoms with Gasteiger partial charge in [-0.3, -0.25) is 0 Å². The van der Waals surface area contributed by atoms with Crippen LogP contribution in [-0.2, 0) is 13.1 Å². The number of pyridine rings is 1. The van der Waals surface area contributed by atoms with Crippen LogP contribution in [0.15, 0.2) is 41.5 Å². The minimum Gasteiger partial charge on any atom is -0.493 e. The van der Waals surface area contributed by atoms with Crippen LogP contribution in [0.3, 0.4) is 0 Å². The Morgan fingerprint density at radius 1 is 1.07 bits per heavy atom. The molecule has 0 spiro atoms. The standard InChI is InChI=1S/C22H30N4O3/c1-4-23-22(25-12-17-7-9-19(27-2)20(11-17)28-3)26-14-18-8-10-21(24-13-18)29-15-16-5-6-16/h7-11,13,16H,4-6,12,14-15H2,1-3H3,(H2,23,25,26). The van der Waals surface area contributed by atoms with Gasteiger partial charge in [0.1, 0.15) is 0 Å². The molecule has 0 bridgehead atoms. The van der Waals surface area contributed by atoms with Crippen molar-refractivity contribution in [3.05, 3.63) is 47.7 Å². The number of rotatable bonds is 10. The average molecular weight is 399 g/mol. The minimum atomic E-state index is 0.539. The summed E-state index contributed by atoms with van der Waals surface area (Å²) in [6.45, 7) is 4.76. The van der Waals surface area contributed by atoms with Crippen molar-refractivity contribution in [2.75, 3.05) is 27.4 Å². The summed E-state index contributed by atoms with van der Waals surface area (Å²) < 4.78 is 16.3. The highest BCUT2D eigenvalue weighted by atomic mass is 16.5. The predicted octanol–water partition coefficient (Wildman–Crippen LogP) is 3.14. The van der Waals surface area contributed by atoms with E-state index in [4.69, 9.17) is 14.2 Å². The van der Waals surface area contributed by atoms with Gasteiger partial charge in [0.15, 0.2) is 17.5 Å². The molecule has 0 radical (unpaired) electrons. The fourth-order valence-electron chi connectivity index (χ4n) is 2.77. The number of nitrogens with zero attached hydrogens (tertiary/aromatic N) is 2. The number of ether oxygens (including phenoxy) is 3. The van der Waals surface area contributed by atoms with E-state index in [0.29, 0.717) is 30.5 Å². The van der Waals surface area contributed by atoms with Crippen molar-refractivity contribution >= 4 is 5.96 Å². The summed E-state index contributed by atoms with van der Waals surface area (Å²) in [5.41, 5.74) is 2.11. The van der Waals surface area contributed by atoms with E-state index >= 15 is 0 Å². The molecule has 156 valence electrons. The zero-order chi connectivity index (χ0) is 20.5. The topological polar surface area (TPSA) is 77.0 Å². The third-order valence-corrected chi connectivity index (χ3v) is 4.63. The molecule has 1 saturated carbocycles. The number of methoxy groups -OCH3 is 2. The number of hydrogen-bond acceptors (Lipinski definition) is 5. The van der Waals surface area contributed by atoms with E-state index < -0.39 is 0 Å². The fourth-order valence-corrected chi connectivity index (χ4v) is 2.77. The molecule has 0 unspecified atom stereocenters. The van der Waals surface area contributed by atoms with Gasteiger partial charge in [0, 0.05) is 25.4 Å². The van der Waals surface area contributed by atoms with Crippen molar-refractivity contribution in [2.24, 2.45) is 10.9 Å². The molecule has 2 aromatic rings. The highest BCUT2D eigenvalue weighted by Crippen LogP contribution is 2.29. The van der Waals surface area contributed by atoms with Crippen LogP contribution < -0.4 is 24.8 Å². The quantitative estimate of drug-likeness (QED) is 0.473. The van der Waals surface area contributed by atoms with E-state index in [-0.39, 0.29) is 0 Å². The van der Waals surface area contributed by atoms with E-state index in [1.807, 2.05) is 43.5 Å². The van der Waals surface area contributed by atoms with Crippen LogP contribution in [0.1, 0.15) is 30.9 Å². The molecule has 1 aromatic carbocycles. The van der Waals surface area contributed by atoms with Gasteiger partial charge in [0.25, 0.3) is 0 Å². The summed E-state index contributed by atoms with van der Waals surface area (Å²) in [5.74, 6) is 3.58. The van der Waals surface area contributed by atoms with Gasteiger partial charge in [0.05, 0.1) is 27.4 Å². The van der Waals surface area contributed by atoms with E-state index in [1.165, 1.54) is 12.8 Å². The van der Waals surface area contributed by atoms with Gasteiger partial charge in [-0.05, 0) is 48.9 Å². The smallest absolute Gasteiger partial charge is 0.213 e. The van der Waals surface area contributed by atoms with Gasteiger partial charge < -0.3 is 24.8 Å². The van der Waals surface area contributed by atoms with Crippen molar-refractivity contribution in [1.82, 2.24) is 15.6 Å². The molecule has 7 nitrogen and oxygen atoms in total. The first kappa shape index (κ1) is 20.8. The molecule has 1 aliphatic carbocycles. The number of aliphatic imine (C=N–C) groups is 1. The fraction of sp³-hybridized carbons (Fsp3) is 0.455. The summed E-state index contributed by atoms with van der Waals surface area (Å²) in [6, 6.07) is 9.79. The third-order valence-electron chi connectivity index (χ3n) is 4.63. The number of hydrogen-bond donors (Lipinski definition) is 2. The largest absolute Gasteiger partial charge is 0.493 e. The summed E-state index contributed by atoms with van der Waals surface area (Å²) in [6.07, 6.45) is 4.37. The SMILES string of the molecule is CCNC(=NCc1ccc(OCC2CC2)nc1)NCc1ccc(OC)c(OC)c1. The van der Waals surface area contributed by atoms with Gasteiger partial charge in [0.2, 0.25) is 5.88 Å². The molecule has 0 saturated heterocycles. The lowest BCUT2D eigenvalue weighted by Crippen LogP contribution is -2.36. The van der Waals surface area contributed by atoms with E-state index in [0.717, 1.165) is 36.2 Å². The van der Waals surface area contributed by atoms with Crippen LogP contribution >= 0.6 is 0 Å². The van der Waals surface area contributed by atoms with Crippen LogP contribution in [-0.4, -0.2) is 38.3 Å². The maximum Gasteiger partial charge on any atom is 0.213 e. The maximum absolute atomic E-state index is 5.68. The van der Waals surface area contributed by atoms with Crippen LogP contribution in [0.25, 0.3) is 0 Å². The second-order valence-corrected chi connectivity index (χ2v) is 7.00. The summed E-state index contributed by atoms with van der Waals surface area (Å²) in [4.78, 5) is 9.02. The molecular weight excluding hydrogens is 368 g/mol. The molecule has 1 aromatic heterocycles. The van der Waals surface area contributed by atoms with Crippen molar-refractivity contribution in [2.45, 2.75) is 32.9 Å². The zero-order valence-corrected chi connectivity index (χ0v) is 17.4. The molecule has 0 amide bonds. The first-order valence-electron chi connectivity index (χ1n) is 10.0. The second-order valence-electron chi connectivity index (χ2n) is 7.00. The summed E-state index contributed by atoms with van der Waals surface area (Å²) in [7, 11) is 3.27. The van der Waals surface area contributed by atoms with Gasteiger partial charge >= 0.3 is 0 Å². The van der Waals surface area contributed by atoms with E-state index in [9.17, 15) is 0 Å². The van der Waals surface area contributed by atoms with Crippen LogP contribution in [0.5, 0.6) is 17.4 Å². The minimum absolute atomic E-state index is 0.539. The van der Waals surface area contributed by atoms with Gasteiger partial charge in [-0.1, -0.05) is 12.1 Å². The lowest BCUT2D eigenvalue weighted by atomic mass is 10.2. The van der Waals surface area contributed by atoms with Crippen molar-refractivity contribution in [3.8, 4) is 17.4 Å². The van der Waals surface area contributed by atoms with Crippen molar-refractivity contribution in [1.29, 1.82) is 0 Å². The highest BCUT2D eigenvalue weighted by molar-refractivity contribution is 5.79. The molecule has 2 N–H and O–H groups in total. The first-order chi connectivity index (χ1) is 14.2. The maximum atomic E-state index is 5.68. The molecule has 0 aliphatic heterocycles. The average Bonchev–Trinajstić information content (AvgIpc) is 3.59. The molecule has 1 fully saturated rings. The van der Waals surface area contributed by atoms with E-state index in [2.05, 4.69) is 20.6 Å². The lowest BCUT2D eigenvalue weighted by molar-refractivity contribution is 0.288. The molecule has 7 heteroatoms. The molecule has 1 aliphatic rings. The number of benzene rings is 1. The third kappa shape index (κ3) is 6.55. The lowest BCUT2D eigenvalue weighted by Gasteiger charge is -2.13. The molecule has 3 rings (SSSR count). The highest BCUT2D eigenvalue weighted by Gasteiger charge is 2.22. The van der Waals surface area contributed by atoms with Crippen LogP contribution in [0.2, 0.25) is 0 Å². The van der Waals surface area contributed by atoms with Crippen molar-refractivity contribution < 1.29 is 14.2 Å². The summed E-state index contributed by atoms with van der Waals surface area (Å²) >= 11 is 0. The zero-order valence-electron chi connectivity index (χ0n) is 17.4. The Bertz CT molecular complexity index is 804. The Hall–Kier alpha value is -2.96. The monoisotopic (exact) mass is 398 g/mol. The Kier molecular flexibility index (Phi) is 7.55. The normalized spacial score (nSPS) is 13.7. The molecule has 1 heterocycles. The van der Waals surface area contributed by atoms with Crippen LogP contribution in [0, 0.1) is 5.92 Å². The number of aromatic nitrogens is 1. The molecule has 0 atom stereocenters. The predicted molar refractivity (Wildman–Crippen MR) is 114 cm³/mol. The molecule has 29 heavy (non-hydrogen) atoms. The van der Waals surface area contributed by atoms with E-state index in [1.54, 1.807) is 14.2 Å². The Balaban J connectivity index is 1.55. The number of nitrogens with one attached hydrogen (secondary N) is 2. The van der Waals surface area contributed by atoms with Crippen LogP contribution in [0.4, 0.5) is 0 Å². The van der Waals surface area contributed by atoms with Gasteiger partial charge in [-0.25, -0.2) is 9.98 Å². The Labute approximate surface area is 172 Å². The Morgan fingerprint density at radius 3 is 2.52 bits per heavy atom. The summed E-state index contributed by atoms with van der Waals surface area (Å²) in [5, 5.41) is 6.61. The Morgan fingerprint density at radius 2 is 1.86 bits per heavy atom. The second kappa shape index (κ2) is 10.5. The van der Waals surface area contributed by atoms with Gasteiger partial charge in [-0.15, -0.1) is 0 Å². The molecular formula is C22H30N4O3. The van der Waals surface area contributed by atoms with Gasteiger partial charge in [-0.2, -0.15) is 0 Å².